The molecule has 2 heterocycles. The predicted molar refractivity (Wildman–Crippen MR) is 65.1 cm³/mol. The highest BCUT2D eigenvalue weighted by Crippen LogP contribution is 2.31. The van der Waals surface area contributed by atoms with Gasteiger partial charge >= 0.3 is 0 Å². The van der Waals surface area contributed by atoms with Gasteiger partial charge in [0.1, 0.15) is 0 Å². The Hall–Kier alpha value is -2.01. The van der Waals surface area contributed by atoms with Crippen LogP contribution in [0.5, 0.6) is 0 Å². The summed E-state index contributed by atoms with van der Waals surface area (Å²) in [5.74, 6) is 0.705. The second kappa shape index (κ2) is 3.53. The van der Waals surface area contributed by atoms with E-state index < -0.39 is 0 Å². The van der Waals surface area contributed by atoms with Gasteiger partial charge in [-0.3, -0.25) is 0 Å². The van der Waals surface area contributed by atoms with Crippen LogP contribution in [0, 0.1) is 0 Å². The number of rotatable bonds is 1. The largest absolute Gasteiger partial charge is 0.375 e. The summed E-state index contributed by atoms with van der Waals surface area (Å²) < 4.78 is 1.03. The maximum atomic E-state index is 5.70. The molecule has 3 rings (SSSR count). The SMILES string of the molecule is Nc1nc2cccc(-c3ncccn3)c2s1. The van der Waals surface area contributed by atoms with E-state index in [-0.39, 0.29) is 0 Å². The van der Waals surface area contributed by atoms with Crippen LogP contribution in [-0.4, -0.2) is 15.0 Å². The third-order valence-electron chi connectivity index (χ3n) is 2.24. The van der Waals surface area contributed by atoms with E-state index in [1.807, 2.05) is 18.2 Å². The van der Waals surface area contributed by atoms with E-state index >= 15 is 0 Å². The zero-order chi connectivity index (χ0) is 11.0. The highest BCUT2D eigenvalue weighted by molar-refractivity contribution is 7.22. The quantitative estimate of drug-likeness (QED) is 0.694. The zero-order valence-corrected chi connectivity index (χ0v) is 9.11. The number of anilines is 1. The van der Waals surface area contributed by atoms with E-state index in [4.69, 9.17) is 5.73 Å². The number of nitrogens with two attached hydrogens (primary N) is 1. The van der Waals surface area contributed by atoms with Crippen LogP contribution in [0.1, 0.15) is 0 Å². The van der Waals surface area contributed by atoms with Crippen molar-refractivity contribution in [1.29, 1.82) is 0 Å². The van der Waals surface area contributed by atoms with Crippen LogP contribution in [0.15, 0.2) is 36.7 Å². The maximum Gasteiger partial charge on any atom is 0.181 e. The topological polar surface area (TPSA) is 64.7 Å². The van der Waals surface area contributed by atoms with Gasteiger partial charge in [0.25, 0.3) is 0 Å². The number of aromatic nitrogens is 3. The molecular formula is C11H8N4S. The van der Waals surface area contributed by atoms with Crippen LogP contribution in [0.25, 0.3) is 21.6 Å². The standard InChI is InChI=1S/C11H8N4S/c12-11-15-8-4-1-3-7(9(8)16-11)10-13-5-2-6-14-10/h1-6H,(H2,12,15). The third-order valence-corrected chi connectivity index (χ3v) is 3.17. The molecule has 1 aromatic carbocycles. The van der Waals surface area contributed by atoms with Crippen molar-refractivity contribution < 1.29 is 0 Å². The molecule has 4 nitrogen and oxygen atoms in total. The van der Waals surface area contributed by atoms with Gasteiger partial charge in [0, 0.05) is 18.0 Å². The van der Waals surface area contributed by atoms with Crippen LogP contribution in [0.2, 0.25) is 0 Å². The van der Waals surface area contributed by atoms with Crippen LogP contribution in [0.3, 0.4) is 0 Å². The van der Waals surface area contributed by atoms with Crippen molar-refractivity contribution in [3.05, 3.63) is 36.7 Å². The Kier molecular flexibility index (Phi) is 2.04. The molecule has 0 unspecified atom stereocenters. The lowest BCUT2D eigenvalue weighted by atomic mass is 10.2. The third kappa shape index (κ3) is 1.42. The summed E-state index contributed by atoms with van der Waals surface area (Å²) >= 11 is 1.46. The molecular weight excluding hydrogens is 220 g/mol. The molecule has 0 bridgehead atoms. The van der Waals surface area contributed by atoms with E-state index in [2.05, 4.69) is 15.0 Å². The number of nitrogen functional groups attached to an aromatic ring is 1. The lowest BCUT2D eigenvalue weighted by Gasteiger charge is -1.99. The Bertz CT molecular complexity index is 633. The van der Waals surface area contributed by atoms with Crippen molar-refractivity contribution in [3.63, 3.8) is 0 Å². The minimum atomic E-state index is 0.568. The van der Waals surface area contributed by atoms with Crippen LogP contribution >= 0.6 is 11.3 Å². The first-order chi connectivity index (χ1) is 7.84. The van der Waals surface area contributed by atoms with Gasteiger partial charge in [0.15, 0.2) is 11.0 Å². The molecule has 78 valence electrons. The van der Waals surface area contributed by atoms with Gasteiger partial charge < -0.3 is 5.73 Å². The van der Waals surface area contributed by atoms with Gasteiger partial charge in [0.2, 0.25) is 0 Å². The second-order valence-corrected chi connectivity index (χ2v) is 4.31. The van der Waals surface area contributed by atoms with Crippen LogP contribution in [0.4, 0.5) is 5.13 Å². The summed E-state index contributed by atoms with van der Waals surface area (Å²) in [6.45, 7) is 0. The number of hydrogen-bond donors (Lipinski definition) is 1. The van der Waals surface area contributed by atoms with Gasteiger partial charge in [-0.2, -0.15) is 0 Å². The highest BCUT2D eigenvalue weighted by atomic mass is 32.1. The average Bonchev–Trinajstić information content (AvgIpc) is 2.70. The van der Waals surface area contributed by atoms with Crippen molar-refractivity contribution in [3.8, 4) is 11.4 Å². The van der Waals surface area contributed by atoms with Crippen LogP contribution < -0.4 is 5.73 Å². The highest BCUT2D eigenvalue weighted by Gasteiger charge is 2.09. The Morgan fingerprint density at radius 3 is 2.69 bits per heavy atom. The van der Waals surface area contributed by atoms with Crippen molar-refractivity contribution in [2.75, 3.05) is 5.73 Å². The molecule has 0 radical (unpaired) electrons. The molecule has 0 fully saturated rings. The van der Waals surface area contributed by atoms with Crippen LogP contribution in [-0.2, 0) is 0 Å². The minimum Gasteiger partial charge on any atom is -0.375 e. The van der Waals surface area contributed by atoms with E-state index in [9.17, 15) is 0 Å². The summed E-state index contributed by atoms with van der Waals surface area (Å²) in [7, 11) is 0. The molecule has 2 aromatic heterocycles. The number of thiazole rings is 1. The Balaban J connectivity index is 2.31. The fourth-order valence-electron chi connectivity index (χ4n) is 1.58. The molecule has 5 heteroatoms. The Morgan fingerprint density at radius 2 is 1.88 bits per heavy atom. The van der Waals surface area contributed by atoms with Crippen molar-refractivity contribution in [2.45, 2.75) is 0 Å². The molecule has 0 aliphatic heterocycles. The summed E-state index contributed by atoms with van der Waals surface area (Å²) in [5.41, 5.74) is 7.58. The fraction of sp³-hybridized carbons (Fsp3) is 0. The summed E-state index contributed by atoms with van der Waals surface area (Å²) in [4.78, 5) is 12.7. The normalized spacial score (nSPS) is 10.8. The number of benzene rings is 1. The molecule has 0 aliphatic rings. The average molecular weight is 228 g/mol. The van der Waals surface area contributed by atoms with Gasteiger partial charge in [0.05, 0.1) is 10.2 Å². The first kappa shape index (κ1) is 9.23. The van der Waals surface area contributed by atoms with Crippen molar-refractivity contribution >= 4 is 26.7 Å². The number of hydrogen-bond acceptors (Lipinski definition) is 5. The van der Waals surface area contributed by atoms with Crippen molar-refractivity contribution in [2.24, 2.45) is 0 Å². The monoisotopic (exact) mass is 228 g/mol. The van der Waals surface area contributed by atoms with Gasteiger partial charge in [-0.1, -0.05) is 17.4 Å². The molecule has 0 amide bonds. The molecule has 0 atom stereocenters. The molecule has 0 aliphatic carbocycles. The van der Waals surface area contributed by atoms with Gasteiger partial charge in [-0.05, 0) is 18.2 Å². The number of fused-ring (bicyclic) bond motifs is 1. The van der Waals surface area contributed by atoms with E-state index in [1.165, 1.54) is 11.3 Å². The first-order valence-electron chi connectivity index (χ1n) is 4.77. The van der Waals surface area contributed by atoms with E-state index in [0.29, 0.717) is 11.0 Å². The first-order valence-corrected chi connectivity index (χ1v) is 5.58. The summed E-state index contributed by atoms with van der Waals surface area (Å²) in [5, 5.41) is 0.568. The molecule has 0 spiro atoms. The number of nitrogens with zero attached hydrogens (tertiary/aromatic N) is 3. The molecule has 0 saturated carbocycles. The van der Waals surface area contributed by atoms with Gasteiger partial charge in [-0.15, -0.1) is 0 Å². The fourth-order valence-corrected chi connectivity index (χ4v) is 2.42. The molecule has 2 N–H and O–H groups in total. The maximum absolute atomic E-state index is 5.70. The summed E-state index contributed by atoms with van der Waals surface area (Å²) in [6.07, 6.45) is 3.46. The van der Waals surface area contributed by atoms with E-state index in [0.717, 1.165) is 15.8 Å². The molecule has 0 saturated heterocycles. The molecule has 16 heavy (non-hydrogen) atoms. The Labute approximate surface area is 95.8 Å². The Morgan fingerprint density at radius 1 is 1.06 bits per heavy atom. The zero-order valence-electron chi connectivity index (χ0n) is 8.29. The lowest BCUT2D eigenvalue weighted by molar-refractivity contribution is 1.18. The van der Waals surface area contributed by atoms with E-state index in [1.54, 1.807) is 18.5 Å². The summed E-state index contributed by atoms with van der Waals surface area (Å²) in [6, 6.07) is 7.65. The second-order valence-electron chi connectivity index (χ2n) is 3.28. The smallest absolute Gasteiger partial charge is 0.181 e. The predicted octanol–water partition coefficient (Wildman–Crippen LogP) is 2.34. The molecule has 3 aromatic rings. The minimum absolute atomic E-state index is 0.568. The lowest BCUT2D eigenvalue weighted by Crippen LogP contribution is -1.86. The van der Waals surface area contributed by atoms with Gasteiger partial charge in [-0.25, -0.2) is 15.0 Å². The van der Waals surface area contributed by atoms with Crippen molar-refractivity contribution in [1.82, 2.24) is 15.0 Å².